The molecule has 1 saturated heterocycles. The molecule has 2 aliphatic heterocycles. The molecule has 5 nitrogen and oxygen atoms in total. The van der Waals surface area contributed by atoms with Crippen molar-refractivity contribution in [2.75, 3.05) is 18.4 Å². The first-order valence-electron chi connectivity index (χ1n) is 10.7. The number of carbonyl (C=O) groups is 1. The fourth-order valence-electron chi connectivity index (χ4n) is 4.46. The molecule has 0 bridgehead atoms. The number of nitrogens with one attached hydrogen (secondary N) is 1. The maximum atomic E-state index is 13.8. The lowest BCUT2D eigenvalue weighted by atomic mass is 9.82. The van der Waals surface area contributed by atoms with Crippen LogP contribution in [0.2, 0.25) is 0 Å². The molecule has 29 heavy (non-hydrogen) atoms. The summed E-state index contributed by atoms with van der Waals surface area (Å²) in [7, 11) is 0. The Hall–Kier alpha value is -1.73. The van der Waals surface area contributed by atoms with Gasteiger partial charge in [0.05, 0.1) is 5.69 Å². The van der Waals surface area contributed by atoms with Crippen LogP contribution in [0.1, 0.15) is 78.0 Å². The Labute approximate surface area is 171 Å². The van der Waals surface area contributed by atoms with E-state index in [0.717, 1.165) is 23.9 Å². The largest absolute Gasteiger partial charge is 0.410 e. The van der Waals surface area contributed by atoms with E-state index < -0.39 is 12.2 Å². The molecule has 2 aliphatic rings. The van der Waals surface area contributed by atoms with Crippen molar-refractivity contribution >= 4 is 11.7 Å². The van der Waals surface area contributed by atoms with Gasteiger partial charge in [0.15, 0.2) is 6.04 Å². The van der Waals surface area contributed by atoms with Crippen LogP contribution in [0, 0.1) is 11.3 Å². The molecule has 3 rings (SSSR count). The van der Waals surface area contributed by atoms with Crippen molar-refractivity contribution in [2.24, 2.45) is 11.3 Å². The molecule has 8 heteroatoms. The fourth-order valence-corrected chi connectivity index (χ4v) is 4.46. The van der Waals surface area contributed by atoms with Crippen molar-refractivity contribution in [2.45, 2.75) is 84.5 Å². The van der Waals surface area contributed by atoms with Crippen LogP contribution >= 0.6 is 0 Å². The normalized spacial score (nSPS) is 25.3. The van der Waals surface area contributed by atoms with E-state index in [4.69, 9.17) is 0 Å². The number of hydrogen-bond acceptors (Lipinski definition) is 3. The first-order valence-corrected chi connectivity index (χ1v) is 10.7. The summed E-state index contributed by atoms with van der Waals surface area (Å²) in [6.07, 6.45) is -2.04. The van der Waals surface area contributed by atoms with Crippen LogP contribution in [0.4, 0.5) is 19.0 Å². The number of aromatic nitrogens is 2. The Bertz CT molecular complexity index is 733. The van der Waals surface area contributed by atoms with Crippen molar-refractivity contribution < 1.29 is 18.0 Å². The Morgan fingerprint density at radius 2 is 1.93 bits per heavy atom. The number of carbonyl (C=O) groups excluding carboxylic acids is 1. The molecule has 1 aromatic rings. The molecule has 0 aliphatic carbocycles. The molecule has 3 atom stereocenters. The smallest absolute Gasteiger partial charge is 0.367 e. The molecular formula is C21H33F3N4O. The third-order valence-corrected chi connectivity index (χ3v) is 6.51. The van der Waals surface area contributed by atoms with E-state index in [1.807, 2.05) is 39.5 Å². The van der Waals surface area contributed by atoms with Crippen LogP contribution in [0.3, 0.4) is 0 Å². The lowest BCUT2D eigenvalue weighted by Gasteiger charge is -2.39. The van der Waals surface area contributed by atoms with E-state index in [0.29, 0.717) is 24.6 Å². The number of hydrogen-bond donors (Lipinski definition) is 1. The molecule has 0 radical (unpaired) electrons. The van der Waals surface area contributed by atoms with Crippen molar-refractivity contribution in [1.82, 2.24) is 14.7 Å². The summed E-state index contributed by atoms with van der Waals surface area (Å²) in [5.41, 5.74) is 0.349. The SMILES string of the molecule is CCC(CC)C(=O)N1CC[C@H](c2cc3n(n2)[C@@H](C(F)(F)F)C[C@@H](C(C)(C)C)N3)C1. The summed E-state index contributed by atoms with van der Waals surface area (Å²) < 4.78 is 42.4. The Morgan fingerprint density at radius 1 is 1.28 bits per heavy atom. The van der Waals surface area contributed by atoms with Crippen molar-refractivity contribution in [1.29, 1.82) is 0 Å². The molecular weight excluding hydrogens is 381 g/mol. The highest BCUT2D eigenvalue weighted by molar-refractivity contribution is 5.79. The van der Waals surface area contributed by atoms with Gasteiger partial charge in [0.1, 0.15) is 5.82 Å². The van der Waals surface area contributed by atoms with Crippen molar-refractivity contribution in [3.05, 3.63) is 11.8 Å². The second-order valence-electron chi connectivity index (χ2n) is 9.54. The van der Waals surface area contributed by atoms with Gasteiger partial charge in [-0.05, 0) is 31.1 Å². The van der Waals surface area contributed by atoms with Gasteiger partial charge in [0, 0.05) is 37.0 Å². The summed E-state index contributed by atoms with van der Waals surface area (Å²) >= 11 is 0. The van der Waals surface area contributed by atoms with Crippen LogP contribution in [-0.4, -0.2) is 45.9 Å². The number of alkyl halides is 3. The first-order chi connectivity index (χ1) is 13.5. The van der Waals surface area contributed by atoms with Gasteiger partial charge < -0.3 is 10.2 Å². The molecule has 0 spiro atoms. The summed E-state index contributed by atoms with van der Waals surface area (Å²) in [6, 6.07) is -0.157. The van der Waals surface area contributed by atoms with E-state index in [9.17, 15) is 18.0 Å². The molecule has 1 aromatic heterocycles. The average molecular weight is 415 g/mol. The zero-order chi connectivity index (χ0) is 21.6. The summed E-state index contributed by atoms with van der Waals surface area (Å²) in [6.45, 7) is 11.0. The van der Waals surface area contributed by atoms with E-state index in [2.05, 4.69) is 10.4 Å². The molecule has 3 heterocycles. The minimum atomic E-state index is -4.35. The van der Waals surface area contributed by atoms with Gasteiger partial charge in [-0.1, -0.05) is 34.6 Å². The van der Waals surface area contributed by atoms with Gasteiger partial charge >= 0.3 is 6.18 Å². The second kappa shape index (κ2) is 7.84. The lowest BCUT2D eigenvalue weighted by Crippen LogP contribution is -2.44. The zero-order valence-electron chi connectivity index (χ0n) is 18.0. The monoisotopic (exact) mass is 414 g/mol. The highest BCUT2D eigenvalue weighted by Crippen LogP contribution is 2.44. The maximum absolute atomic E-state index is 13.8. The number of fused-ring (bicyclic) bond motifs is 1. The van der Waals surface area contributed by atoms with Gasteiger partial charge in [0.2, 0.25) is 5.91 Å². The van der Waals surface area contributed by atoms with Gasteiger partial charge in [-0.25, -0.2) is 4.68 Å². The quantitative estimate of drug-likeness (QED) is 0.757. The second-order valence-corrected chi connectivity index (χ2v) is 9.54. The third kappa shape index (κ3) is 4.40. The Morgan fingerprint density at radius 3 is 2.48 bits per heavy atom. The highest BCUT2D eigenvalue weighted by atomic mass is 19.4. The van der Waals surface area contributed by atoms with Gasteiger partial charge in [-0.3, -0.25) is 4.79 Å². The lowest BCUT2D eigenvalue weighted by molar-refractivity contribution is -0.175. The number of halogens is 3. The van der Waals surface area contributed by atoms with E-state index in [1.54, 1.807) is 6.07 Å². The predicted octanol–water partition coefficient (Wildman–Crippen LogP) is 4.97. The fraction of sp³-hybridized carbons (Fsp3) is 0.810. The van der Waals surface area contributed by atoms with Crippen molar-refractivity contribution in [3.63, 3.8) is 0 Å². The summed E-state index contributed by atoms with van der Waals surface area (Å²) in [5.74, 6) is 0.585. The molecule has 0 saturated carbocycles. The van der Waals surface area contributed by atoms with Crippen LogP contribution in [-0.2, 0) is 4.79 Å². The number of amides is 1. The first kappa shape index (κ1) is 22.0. The van der Waals surface area contributed by atoms with Gasteiger partial charge in [0.25, 0.3) is 0 Å². The van der Waals surface area contributed by atoms with E-state index >= 15 is 0 Å². The summed E-state index contributed by atoms with van der Waals surface area (Å²) in [5, 5.41) is 7.65. The van der Waals surface area contributed by atoms with Crippen LogP contribution in [0.5, 0.6) is 0 Å². The number of anilines is 1. The molecule has 164 valence electrons. The van der Waals surface area contributed by atoms with E-state index in [1.165, 1.54) is 0 Å². The Balaban J connectivity index is 1.82. The molecule has 1 fully saturated rings. The zero-order valence-corrected chi connectivity index (χ0v) is 18.0. The number of likely N-dealkylation sites (tertiary alicyclic amines) is 1. The van der Waals surface area contributed by atoms with Gasteiger partial charge in [-0.2, -0.15) is 18.3 Å². The average Bonchev–Trinajstić information content (AvgIpc) is 3.26. The molecule has 1 N–H and O–H groups in total. The molecule has 0 unspecified atom stereocenters. The van der Waals surface area contributed by atoms with Crippen LogP contribution in [0.25, 0.3) is 0 Å². The minimum absolute atomic E-state index is 0.0183. The van der Waals surface area contributed by atoms with Gasteiger partial charge in [-0.15, -0.1) is 0 Å². The number of nitrogens with zero attached hydrogens (tertiary/aromatic N) is 3. The minimum Gasteiger partial charge on any atom is -0.367 e. The Kier molecular flexibility index (Phi) is 5.94. The number of rotatable bonds is 4. The third-order valence-electron chi connectivity index (χ3n) is 6.51. The molecule has 1 amide bonds. The summed E-state index contributed by atoms with van der Waals surface area (Å²) in [4.78, 5) is 14.5. The highest BCUT2D eigenvalue weighted by Gasteiger charge is 2.48. The van der Waals surface area contributed by atoms with Crippen molar-refractivity contribution in [3.8, 4) is 0 Å². The topological polar surface area (TPSA) is 50.2 Å². The van der Waals surface area contributed by atoms with Crippen LogP contribution < -0.4 is 5.32 Å². The predicted molar refractivity (Wildman–Crippen MR) is 107 cm³/mol. The van der Waals surface area contributed by atoms with Crippen LogP contribution in [0.15, 0.2) is 6.07 Å². The standard InChI is InChI=1S/C21H33F3N4O/c1-6-13(7-2)19(29)27-9-8-14(12-27)15-10-18-25-16(20(3,4)5)11-17(21(22,23)24)28(18)26-15/h10,13-14,16-17,25H,6-9,11-12H2,1-5H3/t14-,16-,17+/m0/s1. The molecule has 0 aromatic carbocycles. The maximum Gasteiger partial charge on any atom is 0.410 e. The van der Waals surface area contributed by atoms with E-state index in [-0.39, 0.29) is 35.6 Å².